The van der Waals surface area contributed by atoms with Gasteiger partial charge in [0.2, 0.25) is 0 Å². The zero-order valence-electron chi connectivity index (χ0n) is 19.4. The number of nitrogens with zero attached hydrogens (tertiary/aromatic N) is 3. The first-order valence-corrected chi connectivity index (χ1v) is 12.2. The molecule has 4 aromatic rings. The van der Waals surface area contributed by atoms with Crippen molar-refractivity contribution < 1.29 is 9.53 Å². The van der Waals surface area contributed by atoms with Crippen LogP contribution in [-0.4, -0.2) is 53.3 Å². The summed E-state index contributed by atoms with van der Waals surface area (Å²) in [5, 5.41) is 7.42. The Hall–Kier alpha value is -3.39. The SMILES string of the molecule is O=C(NCc1ccc(Cl)nc1)Nc1ccc(-n2cc(CCN3CCOCC3)c3ccccc32)cc1. The van der Waals surface area contributed by atoms with E-state index >= 15 is 0 Å². The quantitative estimate of drug-likeness (QED) is 0.363. The highest BCUT2D eigenvalue weighted by Crippen LogP contribution is 2.26. The lowest BCUT2D eigenvalue weighted by atomic mass is 10.1. The molecule has 0 saturated carbocycles. The Morgan fingerprint density at radius 1 is 1.03 bits per heavy atom. The zero-order valence-corrected chi connectivity index (χ0v) is 20.2. The van der Waals surface area contributed by atoms with E-state index < -0.39 is 0 Å². The van der Waals surface area contributed by atoms with Gasteiger partial charge in [-0.2, -0.15) is 0 Å². The minimum atomic E-state index is -0.274. The third kappa shape index (κ3) is 5.82. The number of anilines is 1. The number of carbonyl (C=O) groups is 1. The van der Waals surface area contributed by atoms with Gasteiger partial charge < -0.3 is 19.9 Å². The number of urea groups is 1. The van der Waals surface area contributed by atoms with Gasteiger partial charge in [-0.25, -0.2) is 9.78 Å². The molecule has 0 unspecified atom stereocenters. The fraction of sp³-hybridized carbons (Fsp3) is 0.259. The van der Waals surface area contributed by atoms with E-state index in [1.165, 1.54) is 16.5 Å². The fourth-order valence-electron chi connectivity index (χ4n) is 4.34. The molecule has 0 aliphatic carbocycles. The van der Waals surface area contributed by atoms with Gasteiger partial charge in [0.05, 0.1) is 18.7 Å². The molecule has 8 heteroatoms. The molecule has 35 heavy (non-hydrogen) atoms. The predicted molar refractivity (Wildman–Crippen MR) is 139 cm³/mol. The Labute approximate surface area is 209 Å². The topological polar surface area (TPSA) is 71.4 Å². The summed E-state index contributed by atoms with van der Waals surface area (Å²) in [6.07, 6.45) is 4.88. The molecule has 3 heterocycles. The smallest absolute Gasteiger partial charge is 0.319 e. The molecule has 5 rings (SSSR count). The van der Waals surface area contributed by atoms with Crippen LogP contribution in [0.15, 0.2) is 73.1 Å². The number of aromatic nitrogens is 2. The van der Waals surface area contributed by atoms with Gasteiger partial charge in [0.25, 0.3) is 0 Å². The van der Waals surface area contributed by atoms with Crippen LogP contribution < -0.4 is 10.6 Å². The number of fused-ring (bicyclic) bond motifs is 1. The number of rotatable bonds is 7. The number of ether oxygens (including phenoxy) is 1. The van der Waals surface area contributed by atoms with Crippen molar-refractivity contribution in [1.29, 1.82) is 0 Å². The number of nitrogens with one attached hydrogen (secondary N) is 2. The van der Waals surface area contributed by atoms with Gasteiger partial charge in [-0.1, -0.05) is 35.9 Å². The summed E-state index contributed by atoms with van der Waals surface area (Å²) in [6.45, 7) is 5.03. The van der Waals surface area contributed by atoms with Gasteiger partial charge in [-0.3, -0.25) is 4.90 Å². The predicted octanol–water partition coefficient (Wildman–Crippen LogP) is 4.88. The van der Waals surface area contributed by atoms with Crippen molar-refractivity contribution in [3.05, 3.63) is 89.3 Å². The average Bonchev–Trinajstić information content (AvgIpc) is 3.27. The number of pyridine rings is 1. The molecule has 2 aromatic carbocycles. The van der Waals surface area contributed by atoms with Gasteiger partial charge in [-0.05, 0) is 53.9 Å². The number of para-hydroxylation sites is 1. The summed E-state index contributed by atoms with van der Waals surface area (Å²) in [4.78, 5) is 18.8. The first kappa shape index (κ1) is 23.4. The normalized spacial score (nSPS) is 14.2. The van der Waals surface area contributed by atoms with Crippen LogP contribution in [0.3, 0.4) is 0 Å². The van der Waals surface area contributed by atoms with Crippen LogP contribution in [0.5, 0.6) is 0 Å². The van der Waals surface area contributed by atoms with Crippen LogP contribution in [0, 0.1) is 0 Å². The molecule has 1 aliphatic rings. The third-order valence-electron chi connectivity index (χ3n) is 6.24. The van der Waals surface area contributed by atoms with E-state index in [1.807, 2.05) is 30.3 Å². The van der Waals surface area contributed by atoms with Crippen molar-refractivity contribution >= 4 is 34.2 Å². The van der Waals surface area contributed by atoms with Crippen molar-refractivity contribution in [3.8, 4) is 5.69 Å². The molecule has 2 aromatic heterocycles. The number of hydrogen-bond donors (Lipinski definition) is 2. The van der Waals surface area contributed by atoms with Crippen molar-refractivity contribution in [2.24, 2.45) is 0 Å². The summed E-state index contributed by atoms with van der Waals surface area (Å²) in [7, 11) is 0. The van der Waals surface area contributed by atoms with Crippen LogP contribution in [0.25, 0.3) is 16.6 Å². The number of halogens is 1. The summed E-state index contributed by atoms with van der Waals surface area (Å²) in [5.74, 6) is 0. The van der Waals surface area contributed by atoms with Crippen LogP contribution in [0.4, 0.5) is 10.5 Å². The molecule has 0 atom stereocenters. The highest BCUT2D eigenvalue weighted by Gasteiger charge is 2.14. The molecule has 0 radical (unpaired) electrons. The van der Waals surface area contributed by atoms with Crippen LogP contribution >= 0.6 is 11.6 Å². The lowest BCUT2D eigenvalue weighted by Gasteiger charge is -2.26. The maximum atomic E-state index is 12.3. The molecule has 180 valence electrons. The number of carbonyl (C=O) groups excluding carboxylic acids is 1. The molecule has 1 saturated heterocycles. The standard InChI is InChI=1S/C27H28ClN5O2/c28-26-10-5-20(17-29-26)18-30-27(34)31-22-6-8-23(9-7-22)33-19-21(24-3-1-2-4-25(24)33)11-12-32-13-15-35-16-14-32/h1-10,17,19H,11-16,18H2,(H2,30,31,34). The largest absolute Gasteiger partial charge is 0.379 e. The second-order valence-electron chi connectivity index (χ2n) is 8.59. The number of benzene rings is 2. The van der Waals surface area contributed by atoms with E-state index in [0.717, 1.165) is 56.2 Å². The van der Waals surface area contributed by atoms with E-state index in [1.54, 1.807) is 12.3 Å². The lowest BCUT2D eigenvalue weighted by Crippen LogP contribution is -2.37. The molecule has 7 nitrogen and oxygen atoms in total. The maximum Gasteiger partial charge on any atom is 0.319 e. The Morgan fingerprint density at radius 2 is 1.83 bits per heavy atom. The Bertz CT molecular complexity index is 1280. The minimum Gasteiger partial charge on any atom is -0.379 e. The summed E-state index contributed by atoms with van der Waals surface area (Å²) < 4.78 is 7.70. The Morgan fingerprint density at radius 3 is 2.60 bits per heavy atom. The second-order valence-corrected chi connectivity index (χ2v) is 8.98. The van der Waals surface area contributed by atoms with Crippen molar-refractivity contribution in [3.63, 3.8) is 0 Å². The molecule has 2 amide bonds. The minimum absolute atomic E-state index is 0.274. The first-order chi connectivity index (χ1) is 17.2. The Kier molecular flexibility index (Phi) is 7.28. The van der Waals surface area contributed by atoms with E-state index in [2.05, 4.69) is 55.5 Å². The van der Waals surface area contributed by atoms with Crippen molar-refractivity contribution in [2.45, 2.75) is 13.0 Å². The van der Waals surface area contributed by atoms with E-state index in [4.69, 9.17) is 16.3 Å². The van der Waals surface area contributed by atoms with Crippen LogP contribution in [0.1, 0.15) is 11.1 Å². The highest BCUT2D eigenvalue weighted by atomic mass is 35.5. The summed E-state index contributed by atoms with van der Waals surface area (Å²) in [6, 6.07) is 19.7. The van der Waals surface area contributed by atoms with E-state index in [-0.39, 0.29) is 6.03 Å². The van der Waals surface area contributed by atoms with Crippen LogP contribution in [0.2, 0.25) is 5.15 Å². The molecule has 1 aliphatic heterocycles. The monoisotopic (exact) mass is 489 g/mol. The van der Waals surface area contributed by atoms with Gasteiger partial charge in [0.1, 0.15) is 5.15 Å². The molecule has 0 bridgehead atoms. The molecular formula is C27H28ClN5O2. The molecular weight excluding hydrogens is 462 g/mol. The first-order valence-electron chi connectivity index (χ1n) is 11.8. The number of amides is 2. The molecule has 0 spiro atoms. The van der Waals surface area contributed by atoms with Gasteiger partial charge in [0.15, 0.2) is 0 Å². The van der Waals surface area contributed by atoms with Crippen molar-refractivity contribution in [2.75, 3.05) is 38.2 Å². The van der Waals surface area contributed by atoms with Crippen LogP contribution in [-0.2, 0) is 17.7 Å². The average molecular weight is 490 g/mol. The maximum absolute atomic E-state index is 12.3. The summed E-state index contributed by atoms with van der Waals surface area (Å²) >= 11 is 5.80. The van der Waals surface area contributed by atoms with Gasteiger partial charge in [0, 0.05) is 55.3 Å². The number of hydrogen-bond acceptors (Lipinski definition) is 4. The van der Waals surface area contributed by atoms with Gasteiger partial charge >= 0.3 is 6.03 Å². The number of morpholine rings is 1. The van der Waals surface area contributed by atoms with E-state index in [0.29, 0.717) is 11.7 Å². The summed E-state index contributed by atoms with van der Waals surface area (Å²) in [5.41, 5.74) is 5.18. The van der Waals surface area contributed by atoms with Crippen molar-refractivity contribution in [1.82, 2.24) is 19.8 Å². The lowest BCUT2D eigenvalue weighted by molar-refractivity contribution is 0.0385. The molecule has 1 fully saturated rings. The third-order valence-corrected chi connectivity index (χ3v) is 6.46. The fourth-order valence-corrected chi connectivity index (χ4v) is 4.45. The molecule has 2 N–H and O–H groups in total. The highest BCUT2D eigenvalue weighted by molar-refractivity contribution is 6.29. The Balaban J connectivity index is 1.25. The zero-order chi connectivity index (χ0) is 24.0. The second kappa shape index (κ2) is 10.9. The van der Waals surface area contributed by atoms with Gasteiger partial charge in [-0.15, -0.1) is 0 Å². The van der Waals surface area contributed by atoms with E-state index in [9.17, 15) is 4.79 Å².